The molecule has 4 nitrogen and oxygen atoms in total. The highest BCUT2D eigenvalue weighted by Gasteiger charge is 2.10. The number of rotatable bonds is 4. The second-order valence-electron chi connectivity index (χ2n) is 3.88. The van der Waals surface area contributed by atoms with Crippen molar-refractivity contribution in [2.24, 2.45) is 0 Å². The molecule has 1 aromatic rings. The Balaban J connectivity index is 2.83. The molecule has 0 bridgehead atoms. The summed E-state index contributed by atoms with van der Waals surface area (Å²) in [5, 5.41) is 2.60. The lowest BCUT2D eigenvalue weighted by molar-refractivity contribution is -0.114. The summed E-state index contributed by atoms with van der Waals surface area (Å²) in [6, 6.07) is 8.78. The molecule has 90 valence electrons. The van der Waals surface area contributed by atoms with E-state index >= 15 is 0 Å². The molecule has 1 rings (SSSR count). The Kier molecular flexibility index (Phi) is 4.46. The zero-order valence-electron chi connectivity index (χ0n) is 10.2. The first kappa shape index (κ1) is 13.0. The van der Waals surface area contributed by atoms with Crippen LogP contribution in [-0.4, -0.2) is 30.7 Å². The largest absolute Gasteiger partial charge is 0.382 e. The van der Waals surface area contributed by atoms with Crippen LogP contribution in [0.2, 0.25) is 0 Å². The molecule has 0 unspecified atom stereocenters. The molecule has 17 heavy (non-hydrogen) atoms. The predicted molar refractivity (Wildman–Crippen MR) is 66.4 cm³/mol. The fourth-order valence-corrected chi connectivity index (χ4v) is 1.25. The van der Waals surface area contributed by atoms with E-state index in [0.717, 1.165) is 0 Å². The molecular formula is C13H16N2O2. The third kappa shape index (κ3) is 4.10. The Bertz CT molecular complexity index is 436. The Morgan fingerprint density at radius 3 is 2.24 bits per heavy atom. The summed E-state index contributed by atoms with van der Waals surface area (Å²) < 4.78 is 0. The summed E-state index contributed by atoms with van der Waals surface area (Å²) in [6.07, 6.45) is 1.59. The van der Waals surface area contributed by atoms with E-state index in [1.54, 1.807) is 49.5 Å². The lowest BCUT2D eigenvalue weighted by Gasteiger charge is -2.11. The molecule has 0 saturated heterocycles. The van der Waals surface area contributed by atoms with Gasteiger partial charge in [-0.25, -0.2) is 0 Å². The standard InChI is InChI=1S/C13H16N2O2/c1-10(16)12(9-15(2)3)14-13(17)11-7-5-4-6-8-11/h4-9H,1-3H3,(H,14,17)/b12-9+. The van der Waals surface area contributed by atoms with Crippen molar-refractivity contribution in [3.63, 3.8) is 0 Å². The smallest absolute Gasteiger partial charge is 0.255 e. The Morgan fingerprint density at radius 2 is 1.76 bits per heavy atom. The van der Waals surface area contributed by atoms with Gasteiger partial charge in [-0.2, -0.15) is 0 Å². The van der Waals surface area contributed by atoms with E-state index in [4.69, 9.17) is 0 Å². The van der Waals surface area contributed by atoms with Crippen molar-refractivity contribution >= 4 is 11.7 Å². The highest BCUT2D eigenvalue weighted by Crippen LogP contribution is 2.01. The van der Waals surface area contributed by atoms with Crippen LogP contribution in [-0.2, 0) is 4.79 Å². The third-order valence-electron chi connectivity index (χ3n) is 2.05. The van der Waals surface area contributed by atoms with Gasteiger partial charge in [-0.3, -0.25) is 9.59 Å². The maximum atomic E-state index is 11.8. The predicted octanol–water partition coefficient (Wildman–Crippen LogP) is 1.41. The molecule has 0 aliphatic rings. The summed E-state index contributed by atoms with van der Waals surface area (Å²) in [5.74, 6) is -0.461. The number of benzene rings is 1. The van der Waals surface area contributed by atoms with Crippen molar-refractivity contribution in [3.8, 4) is 0 Å². The third-order valence-corrected chi connectivity index (χ3v) is 2.05. The van der Waals surface area contributed by atoms with E-state index in [2.05, 4.69) is 5.32 Å². The average Bonchev–Trinajstić information content (AvgIpc) is 2.28. The van der Waals surface area contributed by atoms with Gasteiger partial charge in [0.2, 0.25) is 0 Å². The zero-order chi connectivity index (χ0) is 12.8. The van der Waals surface area contributed by atoms with Crippen LogP contribution in [0.25, 0.3) is 0 Å². The number of Topliss-reactive ketones (excluding diaryl/α,β-unsaturated/α-hetero) is 1. The van der Waals surface area contributed by atoms with Gasteiger partial charge in [-0.15, -0.1) is 0 Å². The van der Waals surface area contributed by atoms with Crippen molar-refractivity contribution in [3.05, 3.63) is 47.8 Å². The van der Waals surface area contributed by atoms with Crippen molar-refractivity contribution < 1.29 is 9.59 Å². The van der Waals surface area contributed by atoms with Crippen LogP contribution in [0, 0.1) is 0 Å². The molecule has 1 aromatic carbocycles. The minimum Gasteiger partial charge on any atom is -0.382 e. The SMILES string of the molecule is CC(=O)/C(=C\N(C)C)NC(=O)c1ccccc1. The molecule has 0 aliphatic carbocycles. The van der Waals surface area contributed by atoms with Crippen molar-refractivity contribution in [2.45, 2.75) is 6.92 Å². The minimum absolute atomic E-state index is 0.178. The monoisotopic (exact) mass is 232 g/mol. The number of hydrogen-bond acceptors (Lipinski definition) is 3. The van der Waals surface area contributed by atoms with Gasteiger partial charge in [0, 0.05) is 32.8 Å². The lowest BCUT2D eigenvalue weighted by atomic mass is 10.2. The number of hydrogen-bond donors (Lipinski definition) is 1. The van der Waals surface area contributed by atoms with Crippen LogP contribution in [0.1, 0.15) is 17.3 Å². The van der Waals surface area contributed by atoms with E-state index in [9.17, 15) is 9.59 Å². The molecule has 0 atom stereocenters. The number of nitrogens with zero attached hydrogens (tertiary/aromatic N) is 1. The number of nitrogens with one attached hydrogen (secondary N) is 1. The van der Waals surface area contributed by atoms with Crippen molar-refractivity contribution in [1.29, 1.82) is 0 Å². The summed E-state index contributed by atoms with van der Waals surface area (Å²) in [7, 11) is 3.58. The Morgan fingerprint density at radius 1 is 1.18 bits per heavy atom. The van der Waals surface area contributed by atoms with Crippen LogP contribution in [0.4, 0.5) is 0 Å². The fraction of sp³-hybridized carbons (Fsp3) is 0.231. The summed E-state index contributed by atoms with van der Waals surface area (Å²) in [5.41, 5.74) is 0.808. The van der Waals surface area contributed by atoms with Gasteiger partial charge in [0.25, 0.3) is 5.91 Å². The normalized spacial score (nSPS) is 10.9. The maximum absolute atomic E-state index is 11.8. The molecule has 4 heteroatoms. The fourth-order valence-electron chi connectivity index (χ4n) is 1.25. The molecule has 1 N–H and O–H groups in total. The van der Waals surface area contributed by atoms with Gasteiger partial charge in [0.15, 0.2) is 5.78 Å². The van der Waals surface area contributed by atoms with Crippen molar-refractivity contribution in [1.82, 2.24) is 10.2 Å². The van der Waals surface area contributed by atoms with E-state index in [0.29, 0.717) is 5.56 Å². The average molecular weight is 232 g/mol. The molecule has 1 amide bonds. The molecule has 0 aromatic heterocycles. The molecule has 0 fully saturated rings. The van der Waals surface area contributed by atoms with Gasteiger partial charge in [0.05, 0.1) is 0 Å². The number of carbonyl (C=O) groups is 2. The number of allylic oxidation sites excluding steroid dienone is 1. The highest BCUT2D eigenvalue weighted by atomic mass is 16.2. The van der Waals surface area contributed by atoms with Gasteiger partial charge >= 0.3 is 0 Å². The molecule has 0 radical (unpaired) electrons. The first-order chi connectivity index (χ1) is 8.00. The minimum atomic E-state index is -0.283. The second-order valence-corrected chi connectivity index (χ2v) is 3.88. The number of carbonyl (C=O) groups excluding carboxylic acids is 2. The van der Waals surface area contributed by atoms with E-state index in [1.165, 1.54) is 6.92 Å². The van der Waals surface area contributed by atoms with E-state index in [-0.39, 0.29) is 17.4 Å². The number of amides is 1. The molecular weight excluding hydrogens is 216 g/mol. The summed E-state index contributed by atoms with van der Waals surface area (Å²) >= 11 is 0. The second kappa shape index (κ2) is 5.84. The summed E-state index contributed by atoms with van der Waals surface area (Å²) in [4.78, 5) is 24.9. The Hall–Kier alpha value is -2.10. The molecule has 0 saturated carbocycles. The van der Waals surface area contributed by atoms with Crippen LogP contribution in [0.15, 0.2) is 42.2 Å². The Labute approximate surface area is 101 Å². The van der Waals surface area contributed by atoms with E-state index < -0.39 is 0 Å². The maximum Gasteiger partial charge on any atom is 0.255 e. The van der Waals surface area contributed by atoms with Gasteiger partial charge in [-0.05, 0) is 12.1 Å². The van der Waals surface area contributed by atoms with Crippen LogP contribution in [0.5, 0.6) is 0 Å². The lowest BCUT2D eigenvalue weighted by Crippen LogP contribution is -2.27. The first-order valence-corrected chi connectivity index (χ1v) is 5.26. The van der Waals surface area contributed by atoms with Gasteiger partial charge in [0.1, 0.15) is 5.70 Å². The van der Waals surface area contributed by atoms with E-state index in [1.807, 2.05) is 6.07 Å². The van der Waals surface area contributed by atoms with Crippen LogP contribution >= 0.6 is 0 Å². The van der Waals surface area contributed by atoms with Crippen molar-refractivity contribution in [2.75, 3.05) is 14.1 Å². The summed E-state index contributed by atoms with van der Waals surface area (Å²) in [6.45, 7) is 1.42. The van der Waals surface area contributed by atoms with Crippen LogP contribution in [0.3, 0.4) is 0 Å². The molecule has 0 aliphatic heterocycles. The topological polar surface area (TPSA) is 49.4 Å². The first-order valence-electron chi connectivity index (χ1n) is 5.26. The van der Waals surface area contributed by atoms with Crippen LogP contribution < -0.4 is 5.32 Å². The highest BCUT2D eigenvalue weighted by molar-refractivity contribution is 6.02. The number of ketones is 1. The van der Waals surface area contributed by atoms with Gasteiger partial charge in [-0.1, -0.05) is 18.2 Å². The molecule has 0 spiro atoms. The molecule has 0 heterocycles. The zero-order valence-corrected chi connectivity index (χ0v) is 10.2. The van der Waals surface area contributed by atoms with Gasteiger partial charge < -0.3 is 10.2 Å². The quantitative estimate of drug-likeness (QED) is 0.798.